The lowest BCUT2D eigenvalue weighted by atomic mass is 9.33. The van der Waals surface area contributed by atoms with E-state index in [0.717, 1.165) is 96.1 Å². The molecule has 0 aliphatic carbocycles. The van der Waals surface area contributed by atoms with Gasteiger partial charge in [0.05, 0.1) is 11.4 Å². The molecule has 510 valence electrons. The van der Waals surface area contributed by atoms with Crippen molar-refractivity contribution in [1.29, 1.82) is 0 Å². The summed E-state index contributed by atoms with van der Waals surface area (Å²) in [5, 5.41) is 0. The molecule has 0 saturated carbocycles. The fraction of sp³-hybridized carbons (Fsp3) is 0.204. The predicted molar refractivity (Wildman–Crippen MR) is 445 cm³/mol. The fourth-order valence-corrected chi connectivity index (χ4v) is 15.4. The van der Waals surface area contributed by atoms with Gasteiger partial charge in [0.1, 0.15) is 0 Å². The zero-order chi connectivity index (χ0) is 71.9. The maximum absolute atomic E-state index is 2.61. The van der Waals surface area contributed by atoms with Crippen LogP contribution in [0.15, 0.2) is 303 Å². The van der Waals surface area contributed by atoms with E-state index < -0.39 is 0 Å². The van der Waals surface area contributed by atoms with Crippen molar-refractivity contribution in [1.82, 2.24) is 0 Å². The van der Waals surface area contributed by atoms with Crippen molar-refractivity contribution in [2.45, 2.75) is 131 Å². The Morgan fingerprint density at radius 1 is 0.233 bits per heavy atom. The van der Waals surface area contributed by atoms with Gasteiger partial charge in [-0.25, -0.2) is 0 Å². The summed E-state index contributed by atoms with van der Waals surface area (Å²) in [5.41, 5.74) is 32.3. The number of hydrogen-bond donors (Lipinski definition) is 0. The van der Waals surface area contributed by atoms with Crippen LogP contribution >= 0.6 is 0 Å². The summed E-state index contributed by atoms with van der Waals surface area (Å²) in [4.78, 5) is 10.2. The summed E-state index contributed by atoms with van der Waals surface area (Å²) in [7, 11) is 0. The largest absolute Gasteiger partial charge is 0.311 e. The minimum Gasteiger partial charge on any atom is -0.311 e. The third kappa shape index (κ3) is 13.0. The van der Waals surface area contributed by atoms with Crippen LogP contribution in [0.2, 0.25) is 0 Å². The number of hydrogen-bond acceptors (Lipinski definition) is 4. The molecule has 0 bridgehead atoms. The number of fused-ring (bicyclic) bond motifs is 4. The molecule has 13 aromatic rings. The van der Waals surface area contributed by atoms with Crippen LogP contribution in [0, 0.1) is 0 Å². The number of benzene rings is 13. The Kier molecular flexibility index (Phi) is 17.3. The second-order valence-electron chi connectivity index (χ2n) is 33.5. The second kappa shape index (κ2) is 26.2. The van der Waals surface area contributed by atoms with E-state index in [0.29, 0.717) is 0 Å². The lowest BCUT2D eigenvalue weighted by Crippen LogP contribution is -2.61. The minimum atomic E-state index is -0.216. The molecular weight excluding hydrogens is 1240 g/mol. The average Bonchev–Trinajstić information content (AvgIpc) is 0.692. The summed E-state index contributed by atoms with van der Waals surface area (Å²) < 4.78 is 0. The smallest absolute Gasteiger partial charge is 0.252 e. The SMILES string of the molecule is CC(C)(C)c1ccc(N(c2ccc3c(c2)N(c2ccc(C(C)(C)C)cc2)c2cc(-c4ccc(C(C)(C)C)cc4-c4ccccc4)cc4c2B3c2ccc(N(c3ccc(C(C)(C)C)cc3)c3ccccc3-c3ccccc3)cc2N4c2ccc(C(C)(C)C)cc2)c2ccccc2-c2ccccc2)cc1. The molecule has 2 heterocycles. The van der Waals surface area contributed by atoms with Gasteiger partial charge in [0.15, 0.2) is 0 Å². The van der Waals surface area contributed by atoms with Crippen molar-refractivity contribution in [3.63, 3.8) is 0 Å². The highest BCUT2D eigenvalue weighted by molar-refractivity contribution is 7.00. The second-order valence-corrected chi connectivity index (χ2v) is 33.5. The Balaban J connectivity index is 1.06. The lowest BCUT2D eigenvalue weighted by Gasteiger charge is -2.45. The summed E-state index contributed by atoms with van der Waals surface area (Å²) in [5.74, 6) is 0. The highest BCUT2D eigenvalue weighted by atomic mass is 15.2. The summed E-state index contributed by atoms with van der Waals surface area (Å²) in [6.45, 7) is 34.4. The third-order valence-corrected chi connectivity index (χ3v) is 21.3. The Hall–Kier alpha value is -10.9. The first-order chi connectivity index (χ1) is 49.3. The molecule has 0 aromatic heterocycles. The van der Waals surface area contributed by atoms with E-state index in [2.05, 4.69) is 427 Å². The molecule has 2 aliphatic heterocycles. The van der Waals surface area contributed by atoms with Crippen LogP contribution in [0.4, 0.5) is 68.2 Å². The van der Waals surface area contributed by atoms with Gasteiger partial charge >= 0.3 is 0 Å². The fourth-order valence-electron chi connectivity index (χ4n) is 15.4. The van der Waals surface area contributed by atoms with E-state index in [9.17, 15) is 0 Å². The minimum absolute atomic E-state index is 0.0348. The molecule has 13 aromatic carbocycles. The molecule has 15 rings (SSSR count). The van der Waals surface area contributed by atoms with Crippen molar-refractivity contribution in [2.24, 2.45) is 0 Å². The molecular formula is C98H95BN4. The Bertz CT molecular complexity index is 4980. The zero-order valence-electron chi connectivity index (χ0n) is 62.7. The van der Waals surface area contributed by atoms with Crippen molar-refractivity contribution < 1.29 is 0 Å². The number of anilines is 12. The van der Waals surface area contributed by atoms with Crippen molar-refractivity contribution in [3.8, 4) is 44.5 Å². The summed E-state index contributed by atoms with van der Waals surface area (Å²) >= 11 is 0. The quantitative estimate of drug-likeness (QED) is 0.113. The van der Waals surface area contributed by atoms with Gasteiger partial charge < -0.3 is 19.6 Å². The Morgan fingerprint density at radius 3 is 0.903 bits per heavy atom. The van der Waals surface area contributed by atoms with Gasteiger partial charge in [0.25, 0.3) is 6.71 Å². The lowest BCUT2D eigenvalue weighted by molar-refractivity contribution is 0.590. The van der Waals surface area contributed by atoms with Crippen LogP contribution < -0.4 is 36.0 Å². The van der Waals surface area contributed by atoms with Crippen LogP contribution in [0.3, 0.4) is 0 Å². The maximum Gasteiger partial charge on any atom is 0.252 e. The van der Waals surface area contributed by atoms with Gasteiger partial charge in [-0.15, -0.1) is 0 Å². The molecule has 0 spiro atoms. The standard InChI is InChI=1S/C98H95BN4/c1-94(2,3)70-39-48-75(49-40-70)100(87-37-27-25-35-82(87)66-29-19-16-20-30-66)79-56-59-85-89(64-79)102(77-52-43-72(44-53-77)96(7,8)9)91-61-69(81-58-47-74(98(13,14)15)63-84(81)68-33-23-18-24-34-68)62-92-93(91)99(85)86-60-57-80(65-90(86)103(92)78-54-45-73(46-55-78)97(10,11)12)101(76-50-41-71(42-51-76)95(4,5)6)88-38-28-26-36-83(88)67-31-21-17-22-32-67/h16-65H,1-15H3. The molecule has 4 nitrogen and oxygen atoms in total. The number of rotatable bonds is 12. The predicted octanol–water partition coefficient (Wildman–Crippen LogP) is 25.9. The maximum atomic E-state index is 2.61. The topological polar surface area (TPSA) is 13.0 Å². The molecule has 0 N–H and O–H groups in total. The van der Waals surface area contributed by atoms with E-state index in [4.69, 9.17) is 0 Å². The normalized spacial score (nSPS) is 12.9. The highest BCUT2D eigenvalue weighted by Crippen LogP contribution is 2.52. The number of para-hydroxylation sites is 2. The first-order valence-corrected chi connectivity index (χ1v) is 36.8. The molecule has 0 atom stereocenters. The molecule has 2 aliphatic rings. The van der Waals surface area contributed by atoms with Crippen molar-refractivity contribution >= 4 is 91.3 Å². The molecule has 5 heteroatoms. The van der Waals surface area contributed by atoms with Gasteiger partial charge in [-0.05, 0) is 202 Å². The molecule has 103 heavy (non-hydrogen) atoms. The van der Waals surface area contributed by atoms with E-state index in [1.807, 2.05) is 0 Å². The molecule has 0 amide bonds. The van der Waals surface area contributed by atoms with Crippen molar-refractivity contribution in [2.75, 3.05) is 19.6 Å². The Morgan fingerprint density at radius 2 is 0.544 bits per heavy atom. The van der Waals surface area contributed by atoms with Crippen molar-refractivity contribution in [3.05, 3.63) is 331 Å². The van der Waals surface area contributed by atoms with Gasteiger partial charge in [-0.1, -0.05) is 310 Å². The van der Waals surface area contributed by atoms with Gasteiger partial charge in [-0.3, -0.25) is 0 Å². The van der Waals surface area contributed by atoms with Crippen LogP contribution in [0.25, 0.3) is 44.5 Å². The van der Waals surface area contributed by atoms with Gasteiger partial charge in [0, 0.05) is 68.0 Å². The van der Waals surface area contributed by atoms with Gasteiger partial charge in [0.2, 0.25) is 0 Å². The first-order valence-electron chi connectivity index (χ1n) is 36.8. The molecule has 0 fully saturated rings. The summed E-state index contributed by atoms with van der Waals surface area (Å²) in [6.07, 6.45) is 0. The monoisotopic (exact) mass is 1340 g/mol. The van der Waals surface area contributed by atoms with E-state index in [-0.39, 0.29) is 33.8 Å². The van der Waals surface area contributed by atoms with E-state index >= 15 is 0 Å². The third-order valence-electron chi connectivity index (χ3n) is 21.3. The molecule has 0 radical (unpaired) electrons. The molecule has 0 unspecified atom stereocenters. The summed E-state index contributed by atoms with van der Waals surface area (Å²) in [6, 6.07) is 115. The van der Waals surface area contributed by atoms with Crippen LogP contribution in [0.5, 0.6) is 0 Å². The first kappa shape index (κ1) is 67.9. The molecule has 0 saturated heterocycles. The van der Waals surface area contributed by atoms with Crippen LogP contribution in [0.1, 0.15) is 132 Å². The van der Waals surface area contributed by atoms with E-state index in [1.54, 1.807) is 0 Å². The number of nitrogens with zero attached hydrogens (tertiary/aromatic N) is 4. The zero-order valence-corrected chi connectivity index (χ0v) is 62.7. The highest BCUT2D eigenvalue weighted by Gasteiger charge is 2.45. The Labute approximate surface area is 613 Å². The van der Waals surface area contributed by atoms with Crippen LogP contribution in [-0.4, -0.2) is 6.71 Å². The van der Waals surface area contributed by atoms with E-state index in [1.165, 1.54) is 60.9 Å². The van der Waals surface area contributed by atoms with Crippen LogP contribution in [-0.2, 0) is 27.1 Å². The van der Waals surface area contributed by atoms with Gasteiger partial charge in [-0.2, -0.15) is 0 Å². The average molecular weight is 1340 g/mol.